The van der Waals surface area contributed by atoms with Gasteiger partial charge in [0.05, 0.1) is 5.71 Å². The summed E-state index contributed by atoms with van der Waals surface area (Å²) in [5.74, 6) is -0.740. The fourth-order valence-electron chi connectivity index (χ4n) is 1.54. The van der Waals surface area contributed by atoms with Gasteiger partial charge in [-0.15, -0.1) is 0 Å². The number of halogens is 1. The van der Waals surface area contributed by atoms with Crippen LogP contribution >= 0.6 is 0 Å². The van der Waals surface area contributed by atoms with Gasteiger partial charge in [0.2, 0.25) is 0 Å². The first-order chi connectivity index (χ1) is 9.16. The van der Waals surface area contributed by atoms with E-state index in [1.165, 1.54) is 24.3 Å². The molecule has 0 aliphatic rings. The van der Waals surface area contributed by atoms with Gasteiger partial charge in [0, 0.05) is 5.56 Å². The second-order valence-corrected chi connectivity index (χ2v) is 4.01. The summed E-state index contributed by atoms with van der Waals surface area (Å²) in [6, 6.07) is 14.8. The van der Waals surface area contributed by atoms with Gasteiger partial charge in [-0.2, -0.15) is 5.10 Å². The second-order valence-electron chi connectivity index (χ2n) is 4.01. The molecule has 0 aromatic heterocycles. The predicted octanol–water partition coefficient (Wildman–Crippen LogP) is 2.98. The number of carbonyl (C=O) groups excluding carboxylic acids is 1. The van der Waals surface area contributed by atoms with Gasteiger partial charge in [0.15, 0.2) is 0 Å². The molecule has 0 aliphatic heterocycles. The maximum Gasteiger partial charge on any atom is 0.271 e. The van der Waals surface area contributed by atoms with Crippen LogP contribution in [0.1, 0.15) is 22.8 Å². The van der Waals surface area contributed by atoms with Crippen molar-refractivity contribution in [2.24, 2.45) is 5.10 Å². The van der Waals surface area contributed by atoms with Gasteiger partial charge in [-0.05, 0) is 36.8 Å². The van der Waals surface area contributed by atoms with Crippen LogP contribution in [0, 0.1) is 5.82 Å². The average molecular weight is 256 g/mol. The third-order valence-corrected chi connectivity index (χ3v) is 2.62. The van der Waals surface area contributed by atoms with Gasteiger partial charge in [0.25, 0.3) is 5.91 Å². The third kappa shape index (κ3) is 3.48. The lowest BCUT2D eigenvalue weighted by Gasteiger charge is -2.02. The Labute approximate surface area is 110 Å². The Balaban J connectivity index is 2.06. The smallest absolute Gasteiger partial charge is 0.267 e. The molecule has 2 rings (SSSR count). The van der Waals surface area contributed by atoms with Gasteiger partial charge in [0.1, 0.15) is 5.82 Å². The molecule has 0 spiro atoms. The summed E-state index contributed by atoms with van der Waals surface area (Å²) in [6.45, 7) is 1.81. The van der Waals surface area contributed by atoms with Crippen molar-refractivity contribution in [3.05, 3.63) is 71.5 Å². The molecule has 0 saturated carbocycles. The Morgan fingerprint density at radius 1 is 1.00 bits per heavy atom. The number of nitrogens with zero attached hydrogens (tertiary/aromatic N) is 1. The normalized spacial score (nSPS) is 11.2. The van der Waals surface area contributed by atoms with E-state index in [0.29, 0.717) is 11.3 Å². The van der Waals surface area contributed by atoms with Crippen LogP contribution in [0.4, 0.5) is 4.39 Å². The molecule has 0 unspecified atom stereocenters. The first kappa shape index (κ1) is 13.0. The van der Waals surface area contributed by atoms with Crippen LogP contribution in [0.15, 0.2) is 59.7 Å². The predicted molar refractivity (Wildman–Crippen MR) is 72.5 cm³/mol. The van der Waals surface area contributed by atoms with E-state index in [0.717, 1.165) is 5.56 Å². The second kappa shape index (κ2) is 5.91. The molecule has 0 radical (unpaired) electrons. The molecule has 19 heavy (non-hydrogen) atoms. The van der Waals surface area contributed by atoms with Gasteiger partial charge >= 0.3 is 0 Å². The number of benzene rings is 2. The third-order valence-electron chi connectivity index (χ3n) is 2.62. The van der Waals surface area contributed by atoms with Crippen LogP contribution in [0.25, 0.3) is 0 Å². The molecule has 0 heterocycles. The SMILES string of the molecule is C/C(=N\NC(=O)c1ccc(F)cc1)c1ccccc1. The minimum absolute atomic E-state index is 0.365. The van der Waals surface area contributed by atoms with Crippen LogP contribution in [-0.2, 0) is 0 Å². The number of carbonyl (C=O) groups is 1. The Morgan fingerprint density at radius 2 is 1.63 bits per heavy atom. The van der Waals surface area contributed by atoms with Crippen molar-refractivity contribution in [2.45, 2.75) is 6.92 Å². The summed E-state index contributed by atoms with van der Waals surface area (Å²) in [4.78, 5) is 11.8. The maximum atomic E-state index is 12.7. The van der Waals surface area contributed by atoms with Gasteiger partial charge in [-0.3, -0.25) is 4.79 Å². The Morgan fingerprint density at radius 3 is 2.26 bits per heavy atom. The van der Waals surface area contributed by atoms with Crippen LogP contribution < -0.4 is 5.43 Å². The van der Waals surface area contributed by atoms with Crippen LogP contribution in [0.5, 0.6) is 0 Å². The molecule has 4 heteroatoms. The highest BCUT2D eigenvalue weighted by molar-refractivity contribution is 6.00. The lowest BCUT2D eigenvalue weighted by atomic mass is 10.1. The molecule has 96 valence electrons. The quantitative estimate of drug-likeness (QED) is 0.665. The summed E-state index contributed by atoms with van der Waals surface area (Å²) < 4.78 is 12.7. The monoisotopic (exact) mass is 256 g/mol. The van der Waals surface area contributed by atoms with Crippen molar-refractivity contribution in [3.8, 4) is 0 Å². The first-order valence-electron chi connectivity index (χ1n) is 5.82. The fourth-order valence-corrected chi connectivity index (χ4v) is 1.54. The highest BCUT2D eigenvalue weighted by Gasteiger charge is 2.04. The number of amides is 1. The number of hydrazone groups is 1. The Bertz CT molecular complexity index is 591. The summed E-state index contributed by atoms with van der Waals surface area (Å²) >= 11 is 0. The zero-order chi connectivity index (χ0) is 13.7. The lowest BCUT2D eigenvalue weighted by molar-refractivity contribution is 0.0955. The summed E-state index contributed by atoms with van der Waals surface area (Å²) in [7, 11) is 0. The molecule has 3 nitrogen and oxygen atoms in total. The van der Waals surface area contributed by atoms with Crippen LogP contribution in [0.3, 0.4) is 0 Å². The minimum Gasteiger partial charge on any atom is -0.267 e. The summed E-state index contributed by atoms with van der Waals surface area (Å²) in [5.41, 5.74) is 4.45. The largest absolute Gasteiger partial charge is 0.271 e. The van der Waals surface area contributed by atoms with E-state index in [1.54, 1.807) is 6.92 Å². The molecule has 0 atom stereocenters. The molecule has 1 N–H and O–H groups in total. The van der Waals surface area contributed by atoms with E-state index in [-0.39, 0.29) is 11.7 Å². The van der Waals surface area contributed by atoms with E-state index in [1.807, 2.05) is 30.3 Å². The first-order valence-corrected chi connectivity index (χ1v) is 5.82. The average Bonchev–Trinajstić information content (AvgIpc) is 2.46. The molecule has 2 aromatic carbocycles. The molecule has 0 bridgehead atoms. The van der Waals surface area contributed by atoms with Crippen molar-refractivity contribution < 1.29 is 9.18 Å². The van der Waals surface area contributed by atoms with E-state index in [4.69, 9.17) is 0 Å². The Kier molecular flexibility index (Phi) is 4.03. The topological polar surface area (TPSA) is 41.5 Å². The van der Waals surface area contributed by atoms with Crippen LogP contribution in [0.2, 0.25) is 0 Å². The van der Waals surface area contributed by atoms with Crippen molar-refractivity contribution in [3.63, 3.8) is 0 Å². The fraction of sp³-hybridized carbons (Fsp3) is 0.0667. The molecule has 2 aromatic rings. The molecule has 0 saturated heterocycles. The molecular weight excluding hydrogens is 243 g/mol. The molecular formula is C15H13FN2O. The maximum absolute atomic E-state index is 12.7. The Hall–Kier alpha value is -2.49. The van der Waals surface area contributed by atoms with Gasteiger partial charge in [-0.1, -0.05) is 30.3 Å². The molecule has 1 amide bonds. The van der Waals surface area contributed by atoms with Crippen LogP contribution in [-0.4, -0.2) is 11.6 Å². The zero-order valence-corrected chi connectivity index (χ0v) is 10.4. The van der Waals surface area contributed by atoms with Crippen molar-refractivity contribution in [1.82, 2.24) is 5.43 Å². The number of nitrogens with one attached hydrogen (secondary N) is 1. The molecule has 0 aliphatic carbocycles. The molecule has 0 fully saturated rings. The summed E-state index contributed by atoms with van der Waals surface area (Å²) in [6.07, 6.45) is 0. The number of rotatable bonds is 3. The van der Waals surface area contributed by atoms with E-state index in [9.17, 15) is 9.18 Å². The van der Waals surface area contributed by atoms with Gasteiger partial charge < -0.3 is 0 Å². The lowest BCUT2D eigenvalue weighted by Crippen LogP contribution is -2.19. The van der Waals surface area contributed by atoms with Crippen molar-refractivity contribution in [2.75, 3.05) is 0 Å². The van der Waals surface area contributed by atoms with Crippen molar-refractivity contribution >= 4 is 11.6 Å². The van der Waals surface area contributed by atoms with E-state index in [2.05, 4.69) is 10.5 Å². The van der Waals surface area contributed by atoms with E-state index >= 15 is 0 Å². The highest BCUT2D eigenvalue weighted by atomic mass is 19.1. The number of hydrogen-bond donors (Lipinski definition) is 1. The zero-order valence-electron chi connectivity index (χ0n) is 10.4. The summed E-state index contributed by atoms with van der Waals surface area (Å²) in [5, 5.41) is 4.02. The van der Waals surface area contributed by atoms with E-state index < -0.39 is 0 Å². The minimum atomic E-state index is -0.375. The highest BCUT2D eigenvalue weighted by Crippen LogP contribution is 2.03. The standard InChI is InChI=1S/C15H13FN2O/c1-11(12-5-3-2-4-6-12)17-18-15(19)13-7-9-14(16)10-8-13/h2-10H,1H3,(H,18,19)/b17-11+. The van der Waals surface area contributed by atoms with Gasteiger partial charge in [-0.25, -0.2) is 9.82 Å². The number of hydrogen-bond acceptors (Lipinski definition) is 2. The van der Waals surface area contributed by atoms with Crippen molar-refractivity contribution in [1.29, 1.82) is 0 Å².